The van der Waals surface area contributed by atoms with Gasteiger partial charge in [0.25, 0.3) is 0 Å². The maximum atomic E-state index is 12.5. The molecule has 3 atom stereocenters. The van der Waals surface area contributed by atoms with Crippen molar-refractivity contribution in [1.29, 1.82) is 0 Å². The van der Waals surface area contributed by atoms with E-state index in [2.05, 4.69) is 15.4 Å². The van der Waals surface area contributed by atoms with E-state index in [1.807, 2.05) is 44.2 Å². The molecule has 4 N–H and O–H groups in total. The van der Waals surface area contributed by atoms with E-state index in [9.17, 15) is 14.4 Å². The Hall–Kier alpha value is -2.41. The van der Waals surface area contributed by atoms with Crippen LogP contribution in [0.1, 0.15) is 26.3 Å². The Labute approximate surface area is 148 Å². The lowest BCUT2D eigenvalue weighted by atomic mass is 10.0. The highest BCUT2D eigenvalue weighted by molar-refractivity contribution is 5.92. The zero-order valence-corrected chi connectivity index (χ0v) is 15.1. The lowest BCUT2D eigenvalue weighted by molar-refractivity contribution is -0.144. The number of nitrogens with one attached hydrogen (secondary N) is 2. The number of carbonyl (C=O) groups excluding carboxylic acids is 3. The Bertz CT molecular complexity index is 589. The highest BCUT2D eigenvalue weighted by Crippen LogP contribution is 2.06. The molecule has 0 aliphatic rings. The zero-order valence-electron chi connectivity index (χ0n) is 15.1. The van der Waals surface area contributed by atoms with Gasteiger partial charge in [-0.15, -0.1) is 0 Å². The summed E-state index contributed by atoms with van der Waals surface area (Å²) in [5.41, 5.74) is 6.74. The molecule has 0 aliphatic heterocycles. The number of benzene rings is 1. The topological polar surface area (TPSA) is 111 Å². The van der Waals surface area contributed by atoms with Crippen LogP contribution in [0, 0.1) is 5.92 Å². The standard InChI is InChI=1S/C18H27N3O4/c1-11(2)15(19)17(23)21-14(10-13-8-6-5-7-9-13)16(22)20-12(3)18(24)25-4/h5-9,11-12,14-15H,10,19H2,1-4H3,(H,20,22)(H,21,23)/t12-,14-,15-/m0/s1. The van der Waals surface area contributed by atoms with Crippen LogP contribution in [0.2, 0.25) is 0 Å². The van der Waals surface area contributed by atoms with E-state index in [0.29, 0.717) is 0 Å². The molecule has 2 amide bonds. The fourth-order valence-electron chi connectivity index (χ4n) is 2.18. The van der Waals surface area contributed by atoms with E-state index >= 15 is 0 Å². The predicted octanol–water partition coefficient (Wildman–Crippen LogP) is 0.375. The van der Waals surface area contributed by atoms with Crippen molar-refractivity contribution in [2.24, 2.45) is 11.7 Å². The van der Waals surface area contributed by atoms with Crippen molar-refractivity contribution in [2.45, 2.75) is 45.3 Å². The van der Waals surface area contributed by atoms with Gasteiger partial charge >= 0.3 is 5.97 Å². The molecule has 1 rings (SSSR count). The van der Waals surface area contributed by atoms with E-state index < -0.39 is 35.9 Å². The largest absolute Gasteiger partial charge is 0.467 e. The summed E-state index contributed by atoms with van der Waals surface area (Å²) >= 11 is 0. The normalized spacial score (nSPS) is 14.3. The van der Waals surface area contributed by atoms with Crippen LogP contribution in [0.25, 0.3) is 0 Å². The van der Waals surface area contributed by atoms with Crippen molar-refractivity contribution in [2.75, 3.05) is 7.11 Å². The van der Waals surface area contributed by atoms with E-state index in [-0.39, 0.29) is 12.3 Å². The zero-order chi connectivity index (χ0) is 19.0. The van der Waals surface area contributed by atoms with Crippen LogP contribution >= 0.6 is 0 Å². The van der Waals surface area contributed by atoms with Gasteiger partial charge in [-0.2, -0.15) is 0 Å². The molecule has 1 aromatic rings. The molecule has 0 saturated carbocycles. The summed E-state index contributed by atoms with van der Waals surface area (Å²) < 4.78 is 4.60. The van der Waals surface area contributed by atoms with Crippen LogP contribution < -0.4 is 16.4 Å². The second-order valence-corrected chi connectivity index (χ2v) is 6.27. The molecule has 0 radical (unpaired) electrons. The highest BCUT2D eigenvalue weighted by atomic mass is 16.5. The first-order valence-corrected chi connectivity index (χ1v) is 8.24. The summed E-state index contributed by atoms with van der Waals surface area (Å²) in [5.74, 6) is -1.49. The molecule has 0 spiro atoms. The van der Waals surface area contributed by atoms with Gasteiger partial charge in [-0.3, -0.25) is 9.59 Å². The molecule has 0 fully saturated rings. The molecule has 1 aromatic carbocycles. The van der Waals surface area contributed by atoms with Gasteiger partial charge in [-0.25, -0.2) is 4.79 Å². The van der Waals surface area contributed by atoms with Crippen molar-refractivity contribution in [1.82, 2.24) is 10.6 Å². The number of hydrogen-bond donors (Lipinski definition) is 3. The molecule has 25 heavy (non-hydrogen) atoms. The Balaban J connectivity index is 2.88. The minimum absolute atomic E-state index is 0.0607. The first-order valence-electron chi connectivity index (χ1n) is 8.24. The Morgan fingerprint density at radius 3 is 2.16 bits per heavy atom. The van der Waals surface area contributed by atoms with Crippen LogP contribution in [0.4, 0.5) is 0 Å². The molecule has 0 bridgehead atoms. The number of hydrogen-bond acceptors (Lipinski definition) is 5. The first kappa shape index (κ1) is 20.6. The number of esters is 1. The molecule has 0 aliphatic carbocycles. The van der Waals surface area contributed by atoms with Crippen molar-refractivity contribution in [3.63, 3.8) is 0 Å². The molecule has 0 saturated heterocycles. The van der Waals surface area contributed by atoms with E-state index in [0.717, 1.165) is 5.56 Å². The summed E-state index contributed by atoms with van der Waals surface area (Å²) in [6.45, 7) is 5.18. The van der Waals surface area contributed by atoms with Gasteiger partial charge in [0.2, 0.25) is 11.8 Å². The fraction of sp³-hybridized carbons (Fsp3) is 0.500. The highest BCUT2D eigenvalue weighted by Gasteiger charge is 2.27. The van der Waals surface area contributed by atoms with E-state index in [4.69, 9.17) is 5.73 Å². The SMILES string of the molecule is COC(=O)[C@H](C)NC(=O)[C@H](Cc1ccccc1)NC(=O)[C@@H](N)C(C)C. The summed E-state index contributed by atoms with van der Waals surface area (Å²) in [5, 5.41) is 5.24. The van der Waals surface area contributed by atoms with Gasteiger partial charge in [0.05, 0.1) is 13.2 Å². The van der Waals surface area contributed by atoms with Crippen molar-refractivity contribution in [3.05, 3.63) is 35.9 Å². The Kier molecular flexibility index (Phi) is 8.07. The van der Waals surface area contributed by atoms with Gasteiger partial charge in [0.1, 0.15) is 12.1 Å². The first-order chi connectivity index (χ1) is 11.8. The summed E-state index contributed by atoms with van der Waals surface area (Å²) in [4.78, 5) is 36.3. The van der Waals surface area contributed by atoms with Crippen LogP contribution in [-0.2, 0) is 25.5 Å². The lowest BCUT2D eigenvalue weighted by Gasteiger charge is -2.23. The van der Waals surface area contributed by atoms with Crippen LogP contribution in [0.15, 0.2) is 30.3 Å². The van der Waals surface area contributed by atoms with Crippen molar-refractivity contribution >= 4 is 17.8 Å². The number of methoxy groups -OCH3 is 1. The Morgan fingerprint density at radius 1 is 1.04 bits per heavy atom. The third-order valence-corrected chi connectivity index (χ3v) is 3.85. The number of amides is 2. The molecule has 7 heteroatoms. The fourth-order valence-corrected chi connectivity index (χ4v) is 2.18. The smallest absolute Gasteiger partial charge is 0.328 e. The molecule has 0 heterocycles. The number of nitrogens with two attached hydrogens (primary N) is 1. The minimum Gasteiger partial charge on any atom is -0.467 e. The second kappa shape index (κ2) is 9.78. The molecule has 0 unspecified atom stereocenters. The van der Waals surface area contributed by atoms with Gasteiger partial charge in [0, 0.05) is 6.42 Å². The number of carbonyl (C=O) groups is 3. The molecule has 0 aromatic heterocycles. The van der Waals surface area contributed by atoms with Crippen LogP contribution in [0.5, 0.6) is 0 Å². The molecule has 138 valence electrons. The van der Waals surface area contributed by atoms with Gasteiger partial charge in [0.15, 0.2) is 0 Å². The Morgan fingerprint density at radius 2 is 1.64 bits per heavy atom. The third-order valence-electron chi connectivity index (χ3n) is 3.85. The maximum Gasteiger partial charge on any atom is 0.328 e. The monoisotopic (exact) mass is 349 g/mol. The minimum atomic E-state index is -0.841. The summed E-state index contributed by atoms with van der Waals surface area (Å²) in [6.07, 6.45) is 0.289. The average Bonchev–Trinajstić information content (AvgIpc) is 2.60. The second-order valence-electron chi connectivity index (χ2n) is 6.27. The van der Waals surface area contributed by atoms with Crippen molar-refractivity contribution in [3.8, 4) is 0 Å². The van der Waals surface area contributed by atoms with Crippen LogP contribution in [0.3, 0.4) is 0 Å². The third kappa shape index (κ3) is 6.54. The van der Waals surface area contributed by atoms with E-state index in [1.54, 1.807) is 0 Å². The predicted molar refractivity (Wildman–Crippen MR) is 94.5 cm³/mol. The van der Waals surface area contributed by atoms with Gasteiger partial charge < -0.3 is 21.1 Å². The summed E-state index contributed by atoms with van der Waals surface area (Å²) in [7, 11) is 1.25. The summed E-state index contributed by atoms with van der Waals surface area (Å²) in [6, 6.07) is 6.91. The number of rotatable bonds is 8. The van der Waals surface area contributed by atoms with E-state index in [1.165, 1.54) is 14.0 Å². The molecule has 7 nitrogen and oxygen atoms in total. The average molecular weight is 349 g/mol. The maximum absolute atomic E-state index is 12.5. The number of ether oxygens (including phenoxy) is 1. The van der Waals surface area contributed by atoms with Crippen molar-refractivity contribution < 1.29 is 19.1 Å². The quantitative estimate of drug-likeness (QED) is 0.588. The van der Waals surface area contributed by atoms with Gasteiger partial charge in [-0.05, 0) is 18.4 Å². The van der Waals surface area contributed by atoms with Gasteiger partial charge in [-0.1, -0.05) is 44.2 Å². The molecular weight excluding hydrogens is 322 g/mol. The molecular formula is C18H27N3O4. The van der Waals surface area contributed by atoms with Crippen LogP contribution in [-0.4, -0.2) is 43.0 Å². The lowest BCUT2D eigenvalue weighted by Crippen LogP contribution is -2.55.